The first-order chi connectivity index (χ1) is 7.58. The zero-order chi connectivity index (χ0) is 11.6. The zero-order valence-corrected chi connectivity index (χ0v) is 9.65. The lowest BCUT2D eigenvalue weighted by Gasteiger charge is -2.31. The third-order valence-electron chi connectivity index (χ3n) is 2.83. The molecule has 0 saturated heterocycles. The average molecular weight is 241 g/mol. The van der Waals surface area contributed by atoms with E-state index in [1.807, 2.05) is 0 Å². The summed E-state index contributed by atoms with van der Waals surface area (Å²) >= 11 is 0. The fourth-order valence-electron chi connectivity index (χ4n) is 1.78. The number of benzene rings is 1. The van der Waals surface area contributed by atoms with E-state index >= 15 is 0 Å². The first kappa shape index (κ1) is 11.6. The van der Waals surface area contributed by atoms with Crippen LogP contribution in [0.15, 0.2) is 35.2 Å². The van der Waals surface area contributed by atoms with Gasteiger partial charge in [0, 0.05) is 6.54 Å². The maximum absolute atomic E-state index is 11.8. The maximum Gasteiger partial charge on any atom is 0.240 e. The van der Waals surface area contributed by atoms with E-state index in [2.05, 4.69) is 4.72 Å². The highest BCUT2D eigenvalue weighted by Crippen LogP contribution is 2.26. The number of aliphatic hydroxyl groups is 1. The number of aliphatic hydroxyl groups excluding tert-OH is 1. The van der Waals surface area contributed by atoms with E-state index in [-0.39, 0.29) is 16.9 Å². The molecule has 1 saturated carbocycles. The van der Waals surface area contributed by atoms with Gasteiger partial charge in [-0.15, -0.1) is 0 Å². The fourth-order valence-corrected chi connectivity index (χ4v) is 2.91. The van der Waals surface area contributed by atoms with Crippen molar-refractivity contribution in [2.45, 2.75) is 23.8 Å². The van der Waals surface area contributed by atoms with Crippen molar-refractivity contribution in [3.05, 3.63) is 30.3 Å². The van der Waals surface area contributed by atoms with Gasteiger partial charge in [0.25, 0.3) is 0 Å². The van der Waals surface area contributed by atoms with Gasteiger partial charge in [-0.1, -0.05) is 18.2 Å². The van der Waals surface area contributed by atoms with Gasteiger partial charge >= 0.3 is 0 Å². The maximum atomic E-state index is 11.8. The minimum atomic E-state index is -3.38. The normalized spacial score (nSPS) is 25.1. The van der Waals surface area contributed by atoms with Gasteiger partial charge in [-0.2, -0.15) is 0 Å². The summed E-state index contributed by atoms with van der Waals surface area (Å²) in [5.74, 6) is 0.272. The molecule has 4 nitrogen and oxygen atoms in total. The molecular formula is C11H15NO3S. The summed E-state index contributed by atoms with van der Waals surface area (Å²) in [6, 6.07) is 8.31. The second kappa shape index (κ2) is 4.53. The lowest BCUT2D eigenvalue weighted by molar-refractivity contribution is 0.0453. The van der Waals surface area contributed by atoms with Crippen molar-refractivity contribution in [2.75, 3.05) is 6.54 Å². The van der Waals surface area contributed by atoms with Gasteiger partial charge in [0.1, 0.15) is 0 Å². The Morgan fingerprint density at radius 1 is 1.25 bits per heavy atom. The third-order valence-corrected chi connectivity index (χ3v) is 4.27. The Morgan fingerprint density at radius 2 is 1.88 bits per heavy atom. The molecule has 5 heteroatoms. The van der Waals surface area contributed by atoms with Crippen LogP contribution in [0.25, 0.3) is 0 Å². The van der Waals surface area contributed by atoms with Crippen LogP contribution in [-0.4, -0.2) is 26.2 Å². The van der Waals surface area contributed by atoms with Crippen LogP contribution < -0.4 is 4.72 Å². The summed E-state index contributed by atoms with van der Waals surface area (Å²) in [5.41, 5.74) is 0. The fraction of sp³-hybridized carbons (Fsp3) is 0.455. The van der Waals surface area contributed by atoms with Crippen LogP contribution in [0.5, 0.6) is 0 Å². The van der Waals surface area contributed by atoms with Crippen LogP contribution >= 0.6 is 0 Å². The van der Waals surface area contributed by atoms with E-state index in [9.17, 15) is 8.42 Å². The topological polar surface area (TPSA) is 66.4 Å². The quantitative estimate of drug-likeness (QED) is 0.817. The van der Waals surface area contributed by atoms with Crippen LogP contribution in [-0.2, 0) is 10.0 Å². The molecule has 1 aromatic rings. The Balaban J connectivity index is 1.94. The molecular weight excluding hydrogens is 226 g/mol. The van der Waals surface area contributed by atoms with E-state index in [0.29, 0.717) is 19.4 Å². The standard InChI is InChI=1S/C11H15NO3S/c13-10-6-9(7-10)8-12-16(14,15)11-4-2-1-3-5-11/h1-5,9-10,12-13H,6-8H2. The van der Waals surface area contributed by atoms with E-state index < -0.39 is 10.0 Å². The minimum Gasteiger partial charge on any atom is -0.393 e. The SMILES string of the molecule is O=S(=O)(NCC1CC(O)C1)c1ccccc1. The first-order valence-electron chi connectivity index (χ1n) is 5.31. The molecule has 0 amide bonds. The molecule has 1 fully saturated rings. The predicted molar refractivity (Wildman–Crippen MR) is 60.4 cm³/mol. The highest BCUT2D eigenvalue weighted by molar-refractivity contribution is 7.89. The Morgan fingerprint density at radius 3 is 2.44 bits per heavy atom. The summed E-state index contributed by atoms with van der Waals surface area (Å²) in [5, 5.41) is 9.09. The van der Waals surface area contributed by atoms with Gasteiger partial charge in [0.15, 0.2) is 0 Å². The van der Waals surface area contributed by atoms with Crippen molar-refractivity contribution in [3.8, 4) is 0 Å². The average Bonchev–Trinajstić information content (AvgIpc) is 2.24. The lowest BCUT2D eigenvalue weighted by atomic mass is 9.83. The number of rotatable bonds is 4. The zero-order valence-electron chi connectivity index (χ0n) is 8.83. The van der Waals surface area contributed by atoms with Gasteiger partial charge in [0.05, 0.1) is 11.0 Å². The smallest absolute Gasteiger partial charge is 0.240 e. The molecule has 2 rings (SSSR count). The molecule has 0 unspecified atom stereocenters. The van der Waals surface area contributed by atoms with Crippen molar-refractivity contribution in [2.24, 2.45) is 5.92 Å². The van der Waals surface area contributed by atoms with E-state index in [1.54, 1.807) is 30.3 Å². The molecule has 1 aromatic carbocycles. The van der Waals surface area contributed by atoms with Crippen LogP contribution in [0.4, 0.5) is 0 Å². The highest BCUT2D eigenvalue weighted by Gasteiger charge is 2.28. The van der Waals surface area contributed by atoms with Crippen molar-refractivity contribution in [3.63, 3.8) is 0 Å². The summed E-state index contributed by atoms with van der Waals surface area (Å²) in [4.78, 5) is 0.287. The van der Waals surface area contributed by atoms with Crippen LogP contribution in [0.1, 0.15) is 12.8 Å². The second-order valence-corrected chi connectivity index (χ2v) is 5.92. The summed E-state index contributed by atoms with van der Waals surface area (Å²) in [6.07, 6.45) is 1.14. The van der Waals surface area contributed by atoms with Gasteiger partial charge in [-0.3, -0.25) is 0 Å². The summed E-state index contributed by atoms with van der Waals surface area (Å²) in [7, 11) is -3.38. The van der Waals surface area contributed by atoms with Crippen LogP contribution in [0.2, 0.25) is 0 Å². The molecule has 0 radical (unpaired) electrons. The van der Waals surface area contributed by atoms with Crippen LogP contribution in [0, 0.1) is 5.92 Å². The van der Waals surface area contributed by atoms with Gasteiger partial charge < -0.3 is 5.11 Å². The second-order valence-electron chi connectivity index (χ2n) is 4.16. The highest BCUT2D eigenvalue weighted by atomic mass is 32.2. The minimum absolute atomic E-state index is 0.244. The molecule has 1 aliphatic carbocycles. The van der Waals surface area contributed by atoms with Gasteiger partial charge in [-0.05, 0) is 30.9 Å². The number of hydrogen-bond donors (Lipinski definition) is 2. The molecule has 0 spiro atoms. The van der Waals surface area contributed by atoms with Crippen LogP contribution in [0.3, 0.4) is 0 Å². The van der Waals surface area contributed by atoms with E-state index in [0.717, 1.165) is 0 Å². The number of sulfonamides is 1. The van der Waals surface area contributed by atoms with Gasteiger partial charge in [-0.25, -0.2) is 13.1 Å². The van der Waals surface area contributed by atoms with Crippen molar-refractivity contribution in [1.82, 2.24) is 4.72 Å². The first-order valence-corrected chi connectivity index (χ1v) is 6.79. The largest absolute Gasteiger partial charge is 0.393 e. The number of hydrogen-bond acceptors (Lipinski definition) is 3. The Bertz CT molecular complexity index is 438. The molecule has 16 heavy (non-hydrogen) atoms. The van der Waals surface area contributed by atoms with Gasteiger partial charge in [0.2, 0.25) is 10.0 Å². The Kier molecular flexibility index (Phi) is 3.28. The summed E-state index contributed by atoms with van der Waals surface area (Å²) < 4.78 is 26.1. The molecule has 0 aromatic heterocycles. The van der Waals surface area contributed by atoms with Crippen molar-refractivity contribution >= 4 is 10.0 Å². The molecule has 2 N–H and O–H groups in total. The lowest BCUT2D eigenvalue weighted by Crippen LogP contribution is -2.38. The Hall–Kier alpha value is -0.910. The molecule has 0 bridgehead atoms. The van der Waals surface area contributed by atoms with Crippen molar-refractivity contribution in [1.29, 1.82) is 0 Å². The molecule has 0 heterocycles. The molecule has 88 valence electrons. The number of nitrogens with one attached hydrogen (secondary N) is 1. The monoisotopic (exact) mass is 241 g/mol. The molecule has 0 aliphatic heterocycles. The molecule has 0 atom stereocenters. The van der Waals surface area contributed by atoms with E-state index in [4.69, 9.17) is 5.11 Å². The summed E-state index contributed by atoms with van der Waals surface area (Å²) in [6.45, 7) is 0.411. The predicted octanol–water partition coefficient (Wildman–Crippen LogP) is 0.736. The van der Waals surface area contributed by atoms with Crippen molar-refractivity contribution < 1.29 is 13.5 Å². The molecule has 1 aliphatic rings. The third kappa shape index (κ3) is 2.61. The van der Waals surface area contributed by atoms with E-state index in [1.165, 1.54) is 0 Å². The Labute approximate surface area is 95.4 Å².